The smallest absolute Gasteiger partial charge is 0.306 e. The van der Waals surface area contributed by atoms with Crippen LogP contribution in [0, 0.1) is 0 Å². The van der Waals surface area contributed by atoms with E-state index in [0.29, 0.717) is 26.1 Å². The van der Waals surface area contributed by atoms with E-state index in [-0.39, 0.29) is 12.1 Å². The molecule has 0 radical (unpaired) electrons. The van der Waals surface area contributed by atoms with Crippen molar-refractivity contribution in [1.29, 1.82) is 0 Å². The van der Waals surface area contributed by atoms with Crippen molar-refractivity contribution in [2.45, 2.75) is 32.8 Å². The molecule has 0 aliphatic rings. The number of rotatable bonds is 7. The fourth-order valence-corrected chi connectivity index (χ4v) is 1.53. The highest BCUT2D eigenvalue weighted by Gasteiger charge is 2.09. The van der Waals surface area contributed by atoms with Crippen molar-refractivity contribution in [1.82, 2.24) is 0 Å². The summed E-state index contributed by atoms with van der Waals surface area (Å²) < 4.78 is 10.4. The number of nitrogens with two attached hydrogens (primary N) is 1. The fourth-order valence-electron chi connectivity index (χ4n) is 1.53. The number of ether oxygens (including phenoxy) is 2. The van der Waals surface area contributed by atoms with Crippen LogP contribution in [-0.4, -0.2) is 25.3 Å². The maximum absolute atomic E-state index is 11.6. The monoisotopic (exact) mass is 251 g/mol. The van der Waals surface area contributed by atoms with Gasteiger partial charge in [-0.05, 0) is 38.0 Å². The van der Waals surface area contributed by atoms with Crippen LogP contribution >= 0.6 is 0 Å². The van der Waals surface area contributed by atoms with Crippen molar-refractivity contribution in [2.24, 2.45) is 0 Å². The van der Waals surface area contributed by atoms with E-state index in [2.05, 4.69) is 0 Å². The third-order valence-electron chi connectivity index (χ3n) is 2.49. The maximum Gasteiger partial charge on any atom is 0.306 e. The molecule has 2 N–H and O–H groups in total. The summed E-state index contributed by atoms with van der Waals surface area (Å²) in [5.74, 6) is -0.195. The Morgan fingerprint density at radius 2 is 2.00 bits per heavy atom. The summed E-state index contributed by atoms with van der Waals surface area (Å²) in [7, 11) is 0. The van der Waals surface area contributed by atoms with E-state index in [0.717, 1.165) is 11.3 Å². The molecule has 0 saturated carbocycles. The second-order valence-corrected chi connectivity index (χ2v) is 4.20. The molecular weight excluding hydrogens is 230 g/mol. The first-order chi connectivity index (χ1) is 8.61. The van der Waals surface area contributed by atoms with Gasteiger partial charge in [-0.1, -0.05) is 12.1 Å². The lowest BCUT2D eigenvalue weighted by atomic mass is 10.1. The number of aryl methyl sites for hydroxylation is 1. The topological polar surface area (TPSA) is 61.5 Å². The second-order valence-electron chi connectivity index (χ2n) is 4.20. The minimum absolute atomic E-state index is 0.191. The van der Waals surface area contributed by atoms with E-state index in [9.17, 15) is 4.79 Å². The van der Waals surface area contributed by atoms with Crippen molar-refractivity contribution < 1.29 is 14.3 Å². The molecule has 18 heavy (non-hydrogen) atoms. The maximum atomic E-state index is 11.6. The molecule has 4 heteroatoms. The molecule has 1 unspecified atom stereocenters. The Morgan fingerprint density at radius 1 is 1.33 bits per heavy atom. The van der Waals surface area contributed by atoms with Crippen molar-refractivity contribution in [2.75, 3.05) is 18.9 Å². The molecule has 4 nitrogen and oxygen atoms in total. The highest BCUT2D eigenvalue weighted by atomic mass is 16.6. The third-order valence-corrected chi connectivity index (χ3v) is 2.49. The fraction of sp³-hybridized carbons (Fsp3) is 0.500. The van der Waals surface area contributed by atoms with Crippen LogP contribution in [0.1, 0.15) is 25.8 Å². The Morgan fingerprint density at radius 3 is 2.61 bits per heavy atom. The molecule has 0 saturated heterocycles. The molecule has 0 heterocycles. The number of carbonyl (C=O) groups excluding carboxylic acids is 1. The van der Waals surface area contributed by atoms with Gasteiger partial charge in [0.15, 0.2) is 0 Å². The van der Waals surface area contributed by atoms with Crippen molar-refractivity contribution in [3.8, 4) is 0 Å². The minimum Gasteiger partial charge on any atom is -0.460 e. The predicted molar refractivity (Wildman–Crippen MR) is 71.2 cm³/mol. The standard InChI is InChI=1S/C14H21NO3/c1-3-17-10-11(2)18-14(16)9-6-12-4-7-13(15)8-5-12/h4-5,7-8,11H,3,6,9-10,15H2,1-2H3. The zero-order chi connectivity index (χ0) is 13.4. The first-order valence-electron chi connectivity index (χ1n) is 6.23. The van der Waals surface area contributed by atoms with Crippen molar-refractivity contribution in [3.05, 3.63) is 29.8 Å². The Kier molecular flexibility index (Phi) is 6.22. The molecule has 0 fully saturated rings. The van der Waals surface area contributed by atoms with E-state index >= 15 is 0 Å². The average Bonchev–Trinajstić information content (AvgIpc) is 2.35. The molecular formula is C14H21NO3. The number of benzene rings is 1. The molecule has 0 spiro atoms. The van der Waals surface area contributed by atoms with E-state index < -0.39 is 0 Å². The highest BCUT2D eigenvalue weighted by molar-refractivity contribution is 5.69. The first kappa shape index (κ1) is 14.5. The van der Waals surface area contributed by atoms with Crippen molar-refractivity contribution in [3.63, 3.8) is 0 Å². The average molecular weight is 251 g/mol. The van der Waals surface area contributed by atoms with Crippen LogP contribution in [-0.2, 0) is 20.7 Å². The summed E-state index contributed by atoms with van der Waals surface area (Å²) in [5.41, 5.74) is 7.40. The summed E-state index contributed by atoms with van der Waals surface area (Å²) in [4.78, 5) is 11.6. The molecule has 0 aliphatic carbocycles. The number of anilines is 1. The molecule has 1 aromatic carbocycles. The summed E-state index contributed by atoms with van der Waals surface area (Å²) in [5, 5.41) is 0. The van der Waals surface area contributed by atoms with Crippen LogP contribution in [0.3, 0.4) is 0 Å². The zero-order valence-corrected chi connectivity index (χ0v) is 11.0. The lowest BCUT2D eigenvalue weighted by Gasteiger charge is -2.12. The van der Waals surface area contributed by atoms with Crippen molar-refractivity contribution >= 4 is 11.7 Å². The van der Waals surface area contributed by atoms with Crippen LogP contribution < -0.4 is 5.73 Å². The molecule has 1 rings (SSSR count). The van der Waals surface area contributed by atoms with Gasteiger partial charge in [0.2, 0.25) is 0 Å². The molecule has 0 amide bonds. The molecule has 0 bridgehead atoms. The van der Waals surface area contributed by atoms with E-state index in [1.807, 2.05) is 38.1 Å². The SMILES string of the molecule is CCOCC(C)OC(=O)CCc1ccc(N)cc1. The van der Waals surface area contributed by atoms with Gasteiger partial charge >= 0.3 is 5.97 Å². The Labute approximate surface area is 108 Å². The summed E-state index contributed by atoms with van der Waals surface area (Å²) >= 11 is 0. The van der Waals surface area contributed by atoms with Gasteiger partial charge in [-0.3, -0.25) is 4.79 Å². The summed E-state index contributed by atoms with van der Waals surface area (Å²) in [6.07, 6.45) is 0.852. The second kappa shape index (κ2) is 7.71. The van der Waals surface area contributed by atoms with Gasteiger partial charge in [0, 0.05) is 18.7 Å². The minimum atomic E-state index is -0.195. The van der Waals surface area contributed by atoms with Gasteiger partial charge in [-0.15, -0.1) is 0 Å². The lowest BCUT2D eigenvalue weighted by molar-refractivity contribution is -0.150. The number of hydrogen-bond acceptors (Lipinski definition) is 4. The zero-order valence-electron chi connectivity index (χ0n) is 11.0. The number of esters is 1. The molecule has 0 aromatic heterocycles. The molecule has 0 aliphatic heterocycles. The van der Waals surface area contributed by atoms with Crippen LogP contribution in [0.15, 0.2) is 24.3 Å². The van der Waals surface area contributed by atoms with E-state index in [4.69, 9.17) is 15.2 Å². The predicted octanol–water partition coefficient (Wildman–Crippen LogP) is 2.17. The summed E-state index contributed by atoms with van der Waals surface area (Å²) in [6, 6.07) is 7.51. The van der Waals surface area contributed by atoms with Gasteiger partial charge in [0.05, 0.1) is 6.61 Å². The molecule has 100 valence electrons. The van der Waals surface area contributed by atoms with Gasteiger partial charge in [-0.25, -0.2) is 0 Å². The van der Waals surface area contributed by atoms with Gasteiger partial charge in [-0.2, -0.15) is 0 Å². The number of carbonyl (C=O) groups is 1. The van der Waals surface area contributed by atoms with Gasteiger partial charge in [0.25, 0.3) is 0 Å². The summed E-state index contributed by atoms with van der Waals surface area (Å²) in [6.45, 7) is 4.82. The van der Waals surface area contributed by atoms with E-state index in [1.165, 1.54) is 0 Å². The Bertz CT molecular complexity index is 362. The number of hydrogen-bond donors (Lipinski definition) is 1. The van der Waals surface area contributed by atoms with Crippen LogP contribution in [0.4, 0.5) is 5.69 Å². The van der Waals surface area contributed by atoms with Gasteiger partial charge in [0.1, 0.15) is 6.10 Å². The quantitative estimate of drug-likeness (QED) is 0.596. The van der Waals surface area contributed by atoms with Crippen LogP contribution in [0.25, 0.3) is 0 Å². The molecule has 1 atom stereocenters. The highest BCUT2D eigenvalue weighted by Crippen LogP contribution is 2.08. The molecule has 1 aromatic rings. The van der Waals surface area contributed by atoms with Gasteiger partial charge < -0.3 is 15.2 Å². The Hall–Kier alpha value is -1.55. The van der Waals surface area contributed by atoms with Crippen LogP contribution in [0.2, 0.25) is 0 Å². The van der Waals surface area contributed by atoms with Crippen LogP contribution in [0.5, 0.6) is 0 Å². The first-order valence-corrected chi connectivity index (χ1v) is 6.23. The Balaban J connectivity index is 2.26. The lowest BCUT2D eigenvalue weighted by Crippen LogP contribution is -2.20. The largest absolute Gasteiger partial charge is 0.460 e. The number of nitrogen functional groups attached to an aromatic ring is 1. The third kappa shape index (κ3) is 5.68. The van der Waals surface area contributed by atoms with E-state index in [1.54, 1.807) is 0 Å². The normalized spacial score (nSPS) is 12.1.